The molecule has 0 bridgehead atoms. The molecule has 3 aromatic heterocycles. The lowest BCUT2D eigenvalue weighted by atomic mass is 9.92. The Labute approximate surface area is 297 Å². The molecule has 0 aliphatic heterocycles. The van der Waals surface area contributed by atoms with Crippen LogP contribution in [0.25, 0.3) is 111 Å². The molecule has 0 unspecified atom stereocenters. The molecule has 11 rings (SSSR count). The highest BCUT2D eigenvalue weighted by Gasteiger charge is 2.19. The van der Waals surface area contributed by atoms with Gasteiger partial charge in [-0.2, -0.15) is 0 Å². The monoisotopic (exact) mass is 665 g/mol. The minimum absolute atomic E-state index is 0.600. The van der Waals surface area contributed by atoms with Gasteiger partial charge in [-0.05, 0) is 81.2 Å². The molecule has 0 aliphatic carbocycles. The van der Waals surface area contributed by atoms with E-state index in [1.807, 2.05) is 48.5 Å². The number of furan rings is 2. The molecule has 0 spiro atoms. The van der Waals surface area contributed by atoms with E-state index in [9.17, 15) is 0 Å². The summed E-state index contributed by atoms with van der Waals surface area (Å²) in [4.78, 5) is 15.5. The third-order valence-corrected chi connectivity index (χ3v) is 10.1. The first-order valence-electron chi connectivity index (χ1n) is 17.3. The molecule has 0 atom stereocenters. The van der Waals surface area contributed by atoms with Crippen molar-refractivity contribution in [3.8, 4) is 45.3 Å². The number of nitrogens with zero attached hydrogens (tertiary/aromatic N) is 3. The van der Waals surface area contributed by atoms with Crippen LogP contribution in [-0.4, -0.2) is 15.0 Å². The Morgan fingerprint density at radius 2 is 0.865 bits per heavy atom. The molecule has 5 nitrogen and oxygen atoms in total. The molecule has 3 heterocycles. The average molecular weight is 666 g/mol. The van der Waals surface area contributed by atoms with Crippen molar-refractivity contribution in [3.63, 3.8) is 0 Å². The lowest BCUT2D eigenvalue weighted by molar-refractivity contribution is 0.668. The summed E-state index contributed by atoms with van der Waals surface area (Å²) in [7, 11) is 0. The first-order chi connectivity index (χ1) is 25.7. The van der Waals surface area contributed by atoms with Crippen molar-refractivity contribution < 1.29 is 8.83 Å². The first-order valence-corrected chi connectivity index (χ1v) is 17.3. The highest BCUT2D eigenvalue weighted by Crippen LogP contribution is 2.42. The summed E-state index contributed by atoms with van der Waals surface area (Å²) >= 11 is 0. The molecule has 242 valence electrons. The molecule has 0 amide bonds. The molecule has 5 heteroatoms. The maximum atomic E-state index is 6.27. The normalized spacial score (nSPS) is 11.8. The fraction of sp³-hybridized carbons (Fsp3) is 0. The Kier molecular flexibility index (Phi) is 6.18. The van der Waals surface area contributed by atoms with Crippen LogP contribution in [0.3, 0.4) is 0 Å². The molecule has 0 saturated heterocycles. The maximum Gasteiger partial charge on any atom is 0.164 e. The molecule has 0 N–H and O–H groups in total. The van der Waals surface area contributed by atoms with E-state index in [0.29, 0.717) is 17.5 Å². The number of fused-ring (bicyclic) bond motifs is 8. The molecular weight excluding hydrogens is 639 g/mol. The van der Waals surface area contributed by atoms with Crippen molar-refractivity contribution >= 4 is 65.4 Å². The number of rotatable bonds is 4. The molecule has 8 aromatic carbocycles. The van der Waals surface area contributed by atoms with Crippen LogP contribution >= 0.6 is 0 Å². The summed E-state index contributed by atoms with van der Waals surface area (Å²) in [6, 6.07) is 56.4. The standard InChI is InChI=1S/C47H27N3O2/c1-2-11-29-26-30(21-20-28(29)10-1)45-48-46(31-22-25-42-39(27-31)35-14-5-7-17-40(35)51-42)50-47(49-45)37-24-23-34(32-12-3-4-13-33(32)37)36-16-9-19-43-44(36)38-15-6-8-18-41(38)52-43/h1-27H. The zero-order valence-corrected chi connectivity index (χ0v) is 27.7. The molecule has 0 aliphatic rings. The zero-order valence-electron chi connectivity index (χ0n) is 27.7. The maximum absolute atomic E-state index is 6.27. The second-order valence-electron chi connectivity index (χ2n) is 13.2. The van der Waals surface area contributed by atoms with Gasteiger partial charge in [0, 0.05) is 38.2 Å². The van der Waals surface area contributed by atoms with Crippen molar-refractivity contribution in [1.82, 2.24) is 15.0 Å². The highest BCUT2D eigenvalue weighted by atomic mass is 16.3. The van der Waals surface area contributed by atoms with Gasteiger partial charge in [0.25, 0.3) is 0 Å². The quantitative estimate of drug-likeness (QED) is 0.187. The summed E-state index contributed by atoms with van der Waals surface area (Å²) < 4.78 is 12.4. The Hall–Kier alpha value is -7.11. The van der Waals surface area contributed by atoms with E-state index in [1.165, 1.54) is 5.39 Å². The Morgan fingerprint density at radius 3 is 1.69 bits per heavy atom. The number of benzene rings is 8. The van der Waals surface area contributed by atoms with Crippen molar-refractivity contribution in [2.24, 2.45) is 0 Å². The van der Waals surface area contributed by atoms with Crippen molar-refractivity contribution in [2.45, 2.75) is 0 Å². The minimum Gasteiger partial charge on any atom is -0.456 e. The molecule has 0 saturated carbocycles. The van der Waals surface area contributed by atoms with Crippen LogP contribution in [0.2, 0.25) is 0 Å². The average Bonchev–Trinajstić information content (AvgIpc) is 3.78. The smallest absolute Gasteiger partial charge is 0.164 e. The largest absolute Gasteiger partial charge is 0.456 e. The van der Waals surface area contributed by atoms with Gasteiger partial charge < -0.3 is 8.83 Å². The van der Waals surface area contributed by atoms with E-state index in [0.717, 1.165) is 87.9 Å². The van der Waals surface area contributed by atoms with Crippen molar-refractivity contribution in [3.05, 3.63) is 164 Å². The predicted octanol–water partition coefficient (Wildman–Crippen LogP) is 12.6. The minimum atomic E-state index is 0.600. The lowest BCUT2D eigenvalue weighted by Gasteiger charge is -2.14. The molecular formula is C47H27N3O2. The number of para-hydroxylation sites is 2. The van der Waals surface area contributed by atoms with E-state index < -0.39 is 0 Å². The third kappa shape index (κ3) is 4.46. The van der Waals surface area contributed by atoms with Crippen molar-refractivity contribution in [1.29, 1.82) is 0 Å². The van der Waals surface area contributed by atoms with E-state index in [2.05, 4.69) is 115 Å². The fourth-order valence-corrected chi connectivity index (χ4v) is 7.68. The number of hydrogen-bond acceptors (Lipinski definition) is 5. The number of aromatic nitrogens is 3. The Bertz CT molecular complexity index is 3210. The van der Waals surface area contributed by atoms with Gasteiger partial charge in [-0.1, -0.05) is 115 Å². The topological polar surface area (TPSA) is 65.0 Å². The number of hydrogen-bond donors (Lipinski definition) is 0. The van der Waals surface area contributed by atoms with E-state index in [-0.39, 0.29) is 0 Å². The van der Waals surface area contributed by atoms with Gasteiger partial charge in [-0.3, -0.25) is 0 Å². The zero-order chi connectivity index (χ0) is 34.2. The van der Waals surface area contributed by atoms with Gasteiger partial charge in [-0.25, -0.2) is 15.0 Å². The molecule has 0 radical (unpaired) electrons. The van der Waals surface area contributed by atoms with E-state index in [4.69, 9.17) is 23.8 Å². The van der Waals surface area contributed by atoms with E-state index >= 15 is 0 Å². The van der Waals surface area contributed by atoms with Crippen molar-refractivity contribution in [2.75, 3.05) is 0 Å². The second-order valence-corrected chi connectivity index (χ2v) is 13.2. The molecule has 11 aromatic rings. The first kappa shape index (κ1) is 28.7. The van der Waals surface area contributed by atoms with Gasteiger partial charge in [0.2, 0.25) is 0 Å². The summed E-state index contributed by atoms with van der Waals surface area (Å²) in [5.41, 5.74) is 8.44. The van der Waals surface area contributed by atoms with Crippen LogP contribution in [0, 0.1) is 0 Å². The van der Waals surface area contributed by atoms with Crippen LogP contribution in [0.4, 0.5) is 0 Å². The van der Waals surface area contributed by atoms with Gasteiger partial charge in [0.15, 0.2) is 17.5 Å². The molecule has 0 fully saturated rings. The second kappa shape index (κ2) is 11.2. The summed E-state index contributed by atoms with van der Waals surface area (Å²) in [6.07, 6.45) is 0. The fourth-order valence-electron chi connectivity index (χ4n) is 7.68. The highest BCUT2D eigenvalue weighted by molar-refractivity contribution is 6.16. The predicted molar refractivity (Wildman–Crippen MR) is 211 cm³/mol. The summed E-state index contributed by atoms with van der Waals surface area (Å²) in [5, 5.41) is 8.76. The van der Waals surface area contributed by atoms with Crippen LogP contribution < -0.4 is 0 Å². The Morgan fingerprint density at radius 1 is 0.308 bits per heavy atom. The van der Waals surface area contributed by atoms with Crippen LogP contribution in [0.5, 0.6) is 0 Å². The van der Waals surface area contributed by atoms with E-state index in [1.54, 1.807) is 0 Å². The summed E-state index contributed by atoms with van der Waals surface area (Å²) in [6.45, 7) is 0. The van der Waals surface area contributed by atoms with Crippen LogP contribution in [0.1, 0.15) is 0 Å². The van der Waals surface area contributed by atoms with Crippen LogP contribution in [-0.2, 0) is 0 Å². The van der Waals surface area contributed by atoms with Gasteiger partial charge >= 0.3 is 0 Å². The van der Waals surface area contributed by atoms with Gasteiger partial charge in [-0.15, -0.1) is 0 Å². The lowest BCUT2D eigenvalue weighted by Crippen LogP contribution is -2.01. The Balaban J connectivity index is 1.14. The SMILES string of the molecule is c1ccc2cc(-c3nc(-c4ccc5oc6ccccc6c5c4)nc(-c4ccc(-c5cccc6oc7ccccc7c56)c5ccccc45)n3)ccc2c1. The van der Waals surface area contributed by atoms with Gasteiger partial charge in [0.05, 0.1) is 0 Å². The van der Waals surface area contributed by atoms with Crippen LogP contribution in [0.15, 0.2) is 173 Å². The third-order valence-electron chi connectivity index (χ3n) is 10.1. The van der Waals surface area contributed by atoms with Gasteiger partial charge in [0.1, 0.15) is 22.3 Å². The molecule has 52 heavy (non-hydrogen) atoms. The summed E-state index contributed by atoms with van der Waals surface area (Å²) in [5.74, 6) is 1.83.